The molecule has 88 valence electrons. The van der Waals surface area contributed by atoms with Crippen LogP contribution in [0.3, 0.4) is 0 Å². The summed E-state index contributed by atoms with van der Waals surface area (Å²) in [6.45, 7) is 2.47. The molecule has 0 bridgehead atoms. The largest absolute Gasteiger partial charge is 0.481 e. The molecule has 6 heteroatoms. The number of hydrogen-bond donors (Lipinski definition) is 1. The molecule has 2 heterocycles. The van der Waals surface area contributed by atoms with Crippen LogP contribution in [0.2, 0.25) is 0 Å². The van der Waals surface area contributed by atoms with Gasteiger partial charge in [-0.3, -0.25) is 9.69 Å². The van der Waals surface area contributed by atoms with Crippen molar-refractivity contribution in [1.29, 1.82) is 0 Å². The summed E-state index contributed by atoms with van der Waals surface area (Å²) in [5, 5.41) is 12.2. The fourth-order valence-corrected chi connectivity index (χ4v) is 2.05. The van der Waals surface area contributed by atoms with Crippen LogP contribution in [0.15, 0.2) is 10.9 Å². The average Bonchev–Trinajstić information content (AvgIpc) is 2.73. The molecule has 6 nitrogen and oxygen atoms in total. The van der Waals surface area contributed by atoms with Crippen LogP contribution in [0.4, 0.5) is 0 Å². The van der Waals surface area contributed by atoms with Crippen molar-refractivity contribution in [3.63, 3.8) is 0 Å². The number of aliphatic carboxylic acids is 1. The molecule has 1 aromatic rings. The van der Waals surface area contributed by atoms with Gasteiger partial charge in [0, 0.05) is 6.42 Å². The second-order valence-corrected chi connectivity index (χ2v) is 4.15. The molecule has 0 unspecified atom stereocenters. The predicted molar refractivity (Wildman–Crippen MR) is 54.6 cm³/mol. The molecule has 16 heavy (non-hydrogen) atoms. The molecular formula is C10H15N3O3. The fourth-order valence-electron chi connectivity index (χ4n) is 2.05. The smallest absolute Gasteiger partial charge is 0.303 e. The van der Waals surface area contributed by atoms with E-state index in [4.69, 9.17) is 9.63 Å². The molecule has 0 aromatic carbocycles. The monoisotopic (exact) mass is 225 g/mol. The maximum Gasteiger partial charge on any atom is 0.303 e. The van der Waals surface area contributed by atoms with Crippen LogP contribution in [-0.4, -0.2) is 39.2 Å². The highest BCUT2D eigenvalue weighted by Gasteiger charge is 2.22. The van der Waals surface area contributed by atoms with Gasteiger partial charge in [0.25, 0.3) is 0 Å². The number of hydrogen-bond acceptors (Lipinski definition) is 5. The van der Waals surface area contributed by atoms with E-state index in [-0.39, 0.29) is 6.42 Å². The van der Waals surface area contributed by atoms with Crippen molar-refractivity contribution in [3.05, 3.63) is 12.2 Å². The first-order chi connectivity index (χ1) is 7.74. The molecule has 0 amide bonds. The van der Waals surface area contributed by atoms with Crippen molar-refractivity contribution >= 4 is 5.97 Å². The van der Waals surface area contributed by atoms with Gasteiger partial charge >= 0.3 is 5.97 Å². The van der Waals surface area contributed by atoms with Gasteiger partial charge in [0.2, 0.25) is 5.89 Å². The first-order valence-electron chi connectivity index (χ1n) is 5.43. The van der Waals surface area contributed by atoms with Gasteiger partial charge in [0.15, 0.2) is 6.33 Å². The van der Waals surface area contributed by atoms with E-state index in [1.54, 1.807) is 0 Å². The molecule has 0 aliphatic carbocycles. The minimum absolute atomic E-state index is 0.286. The molecule has 1 N–H and O–H groups in total. The van der Waals surface area contributed by atoms with Gasteiger partial charge in [-0.2, -0.15) is 4.98 Å². The molecule has 1 aliphatic heterocycles. The molecule has 1 fully saturated rings. The van der Waals surface area contributed by atoms with Crippen LogP contribution in [0.25, 0.3) is 0 Å². The quantitative estimate of drug-likeness (QED) is 0.814. The van der Waals surface area contributed by atoms with Crippen LogP contribution in [0.1, 0.15) is 25.2 Å². The van der Waals surface area contributed by atoms with E-state index in [1.807, 2.05) is 0 Å². The van der Waals surface area contributed by atoms with Crippen molar-refractivity contribution in [3.8, 4) is 0 Å². The number of piperidine rings is 1. The summed E-state index contributed by atoms with van der Waals surface area (Å²) in [4.78, 5) is 16.7. The van der Waals surface area contributed by atoms with Gasteiger partial charge in [-0.05, 0) is 31.8 Å². The second kappa shape index (κ2) is 5.07. The highest BCUT2D eigenvalue weighted by molar-refractivity contribution is 5.67. The molecule has 1 aliphatic rings. The minimum atomic E-state index is -0.699. The van der Waals surface area contributed by atoms with Crippen molar-refractivity contribution in [2.45, 2.75) is 25.8 Å². The van der Waals surface area contributed by atoms with E-state index in [0.29, 0.717) is 18.4 Å². The SMILES string of the molecule is O=C(O)CC1CCN(Cc2ncno2)CC1. The number of rotatable bonds is 4. The van der Waals surface area contributed by atoms with Crippen molar-refractivity contribution in [1.82, 2.24) is 15.0 Å². The van der Waals surface area contributed by atoms with Crippen LogP contribution >= 0.6 is 0 Å². The Labute approximate surface area is 93.2 Å². The maximum absolute atomic E-state index is 10.6. The van der Waals surface area contributed by atoms with E-state index in [0.717, 1.165) is 25.9 Å². The summed E-state index contributed by atoms with van der Waals surface area (Å²) < 4.78 is 4.93. The van der Waals surface area contributed by atoms with E-state index < -0.39 is 5.97 Å². The van der Waals surface area contributed by atoms with Crippen molar-refractivity contribution < 1.29 is 14.4 Å². The summed E-state index contributed by atoms with van der Waals surface area (Å²) in [7, 11) is 0. The molecule has 0 atom stereocenters. The highest BCUT2D eigenvalue weighted by Crippen LogP contribution is 2.21. The van der Waals surface area contributed by atoms with Gasteiger partial charge in [0.1, 0.15) is 0 Å². The summed E-state index contributed by atoms with van der Waals surface area (Å²) in [6.07, 6.45) is 3.54. The summed E-state index contributed by atoms with van der Waals surface area (Å²) in [6, 6.07) is 0. The lowest BCUT2D eigenvalue weighted by Crippen LogP contribution is -2.34. The Bertz CT molecular complexity index is 331. The molecule has 2 rings (SSSR count). The summed E-state index contributed by atoms with van der Waals surface area (Å²) >= 11 is 0. The number of carboxylic acid groups (broad SMARTS) is 1. The van der Waals surface area contributed by atoms with Gasteiger partial charge in [-0.1, -0.05) is 5.16 Å². The number of aromatic nitrogens is 2. The van der Waals surface area contributed by atoms with Crippen LogP contribution < -0.4 is 0 Å². The van der Waals surface area contributed by atoms with Gasteiger partial charge in [-0.15, -0.1) is 0 Å². The van der Waals surface area contributed by atoms with Crippen LogP contribution in [0.5, 0.6) is 0 Å². The lowest BCUT2D eigenvalue weighted by molar-refractivity contribution is -0.138. The molecule has 1 aromatic heterocycles. The third-order valence-electron chi connectivity index (χ3n) is 2.94. The summed E-state index contributed by atoms with van der Waals surface area (Å²) in [5.74, 6) is 0.239. The molecule has 1 saturated heterocycles. The number of likely N-dealkylation sites (tertiary alicyclic amines) is 1. The predicted octanol–water partition coefficient (Wildman–Crippen LogP) is 0.756. The van der Waals surface area contributed by atoms with Crippen molar-refractivity contribution in [2.75, 3.05) is 13.1 Å². The Morgan fingerprint density at radius 1 is 1.56 bits per heavy atom. The van der Waals surface area contributed by atoms with E-state index in [9.17, 15) is 4.79 Å². The zero-order chi connectivity index (χ0) is 11.4. The standard InChI is InChI=1S/C10H15N3O3/c14-10(15)5-8-1-3-13(4-2-8)6-9-11-7-12-16-9/h7-8H,1-6H2,(H,14,15). The Balaban J connectivity index is 1.75. The third kappa shape index (κ3) is 3.03. The van der Waals surface area contributed by atoms with Crippen LogP contribution in [-0.2, 0) is 11.3 Å². The highest BCUT2D eigenvalue weighted by atomic mass is 16.5. The Kier molecular flexibility index (Phi) is 3.51. The van der Waals surface area contributed by atoms with Crippen molar-refractivity contribution in [2.24, 2.45) is 5.92 Å². The maximum atomic E-state index is 10.6. The number of nitrogens with zero attached hydrogens (tertiary/aromatic N) is 3. The fraction of sp³-hybridized carbons (Fsp3) is 0.700. The number of carbonyl (C=O) groups is 1. The minimum Gasteiger partial charge on any atom is -0.481 e. The zero-order valence-corrected chi connectivity index (χ0v) is 9.00. The second-order valence-electron chi connectivity index (χ2n) is 4.15. The lowest BCUT2D eigenvalue weighted by Gasteiger charge is -2.30. The molecule has 0 spiro atoms. The van der Waals surface area contributed by atoms with Gasteiger partial charge in [0.05, 0.1) is 6.54 Å². The average molecular weight is 225 g/mol. The Hall–Kier alpha value is -1.43. The third-order valence-corrected chi connectivity index (χ3v) is 2.94. The topological polar surface area (TPSA) is 79.5 Å². The normalized spacial score (nSPS) is 18.8. The first kappa shape index (κ1) is 11.1. The Morgan fingerprint density at radius 3 is 2.88 bits per heavy atom. The number of carboxylic acids is 1. The van der Waals surface area contributed by atoms with Gasteiger partial charge in [-0.25, -0.2) is 0 Å². The van der Waals surface area contributed by atoms with E-state index >= 15 is 0 Å². The Morgan fingerprint density at radius 2 is 2.31 bits per heavy atom. The first-order valence-corrected chi connectivity index (χ1v) is 5.43. The summed E-state index contributed by atoms with van der Waals surface area (Å²) in [5.41, 5.74) is 0. The van der Waals surface area contributed by atoms with Crippen LogP contribution in [0, 0.1) is 5.92 Å². The van der Waals surface area contributed by atoms with E-state index in [1.165, 1.54) is 6.33 Å². The molecular weight excluding hydrogens is 210 g/mol. The molecule has 0 radical (unpaired) electrons. The zero-order valence-electron chi connectivity index (χ0n) is 9.00. The molecule has 0 saturated carbocycles. The lowest BCUT2D eigenvalue weighted by atomic mass is 9.94. The van der Waals surface area contributed by atoms with Gasteiger partial charge < -0.3 is 9.63 Å². The van der Waals surface area contributed by atoms with E-state index in [2.05, 4.69) is 15.0 Å².